The SMILES string of the molecule is CCSc1nc2c(s1)c(=O)n(-c1ccc(C)cc1)c(=O)n2CC(=O)NCC1CCCO1. The zero-order chi connectivity index (χ0) is 22.0. The average Bonchev–Trinajstić information content (AvgIpc) is 3.41. The van der Waals surface area contributed by atoms with Gasteiger partial charge in [-0.2, -0.15) is 0 Å². The number of nitrogens with one attached hydrogen (secondary N) is 1. The summed E-state index contributed by atoms with van der Waals surface area (Å²) in [6, 6.07) is 7.15. The molecule has 0 aliphatic carbocycles. The highest BCUT2D eigenvalue weighted by Crippen LogP contribution is 2.27. The third-order valence-electron chi connectivity index (χ3n) is 5.08. The van der Waals surface area contributed by atoms with Gasteiger partial charge in [-0.05, 0) is 37.7 Å². The fourth-order valence-electron chi connectivity index (χ4n) is 3.50. The number of benzene rings is 1. The van der Waals surface area contributed by atoms with Crippen LogP contribution in [-0.2, 0) is 16.1 Å². The van der Waals surface area contributed by atoms with E-state index in [1.165, 1.54) is 27.7 Å². The largest absolute Gasteiger partial charge is 0.376 e. The molecule has 0 bridgehead atoms. The van der Waals surface area contributed by atoms with Crippen LogP contribution in [0.4, 0.5) is 0 Å². The van der Waals surface area contributed by atoms with E-state index < -0.39 is 11.2 Å². The van der Waals surface area contributed by atoms with Gasteiger partial charge in [0.05, 0.1) is 11.8 Å². The third kappa shape index (κ3) is 4.60. The Balaban J connectivity index is 1.76. The van der Waals surface area contributed by atoms with E-state index in [1.54, 1.807) is 12.1 Å². The van der Waals surface area contributed by atoms with Crippen LogP contribution in [0.1, 0.15) is 25.3 Å². The molecule has 0 radical (unpaired) electrons. The first-order chi connectivity index (χ1) is 15.0. The second kappa shape index (κ2) is 9.37. The number of rotatable bonds is 7. The first-order valence-electron chi connectivity index (χ1n) is 10.2. The lowest BCUT2D eigenvalue weighted by Gasteiger charge is -2.13. The predicted octanol–water partition coefficient (Wildman–Crippen LogP) is 2.32. The topological polar surface area (TPSA) is 95.2 Å². The lowest BCUT2D eigenvalue weighted by atomic mass is 10.2. The molecule has 3 aromatic rings. The van der Waals surface area contributed by atoms with E-state index in [4.69, 9.17) is 4.74 Å². The van der Waals surface area contributed by atoms with Crippen molar-refractivity contribution in [3.05, 3.63) is 50.7 Å². The van der Waals surface area contributed by atoms with Crippen LogP contribution in [0, 0.1) is 6.92 Å². The molecule has 1 unspecified atom stereocenters. The summed E-state index contributed by atoms with van der Waals surface area (Å²) < 4.78 is 9.01. The van der Waals surface area contributed by atoms with E-state index >= 15 is 0 Å². The molecule has 164 valence electrons. The quantitative estimate of drug-likeness (QED) is 0.544. The van der Waals surface area contributed by atoms with Crippen molar-refractivity contribution in [3.63, 3.8) is 0 Å². The Bertz CT molecular complexity index is 1210. The summed E-state index contributed by atoms with van der Waals surface area (Å²) in [5, 5.41) is 2.84. The summed E-state index contributed by atoms with van der Waals surface area (Å²) in [5.74, 6) is 0.476. The van der Waals surface area contributed by atoms with Gasteiger partial charge in [-0.3, -0.25) is 14.2 Å². The second-order valence-electron chi connectivity index (χ2n) is 7.35. The number of thioether (sulfide) groups is 1. The van der Waals surface area contributed by atoms with Crippen molar-refractivity contribution in [3.8, 4) is 5.69 Å². The van der Waals surface area contributed by atoms with Crippen molar-refractivity contribution >= 4 is 39.4 Å². The summed E-state index contributed by atoms with van der Waals surface area (Å²) in [6.07, 6.45) is 1.90. The molecule has 2 aromatic heterocycles. The first kappa shape index (κ1) is 21.8. The number of ether oxygens (including phenoxy) is 1. The molecule has 10 heteroatoms. The van der Waals surface area contributed by atoms with Crippen molar-refractivity contribution in [1.29, 1.82) is 0 Å². The van der Waals surface area contributed by atoms with Crippen molar-refractivity contribution in [2.24, 2.45) is 0 Å². The van der Waals surface area contributed by atoms with Crippen molar-refractivity contribution in [2.75, 3.05) is 18.9 Å². The van der Waals surface area contributed by atoms with Gasteiger partial charge in [-0.25, -0.2) is 14.3 Å². The number of aryl methyl sites for hydroxylation is 1. The molecule has 4 rings (SSSR count). The van der Waals surface area contributed by atoms with Gasteiger partial charge in [0, 0.05) is 13.2 Å². The zero-order valence-corrected chi connectivity index (χ0v) is 19.1. The standard InChI is InChI=1S/C21H24N4O4S2/c1-3-30-20-23-18-17(31-20)19(27)25(14-8-6-13(2)7-9-14)21(28)24(18)12-16(26)22-11-15-5-4-10-29-15/h6-9,15H,3-5,10-12H2,1-2H3,(H,22,26). The number of thiazole rings is 1. The zero-order valence-electron chi connectivity index (χ0n) is 17.4. The maximum atomic E-state index is 13.3. The molecule has 1 N–H and O–H groups in total. The highest BCUT2D eigenvalue weighted by atomic mass is 32.2. The Hall–Kier alpha value is -2.43. The lowest BCUT2D eigenvalue weighted by molar-refractivity contribution is -0.122. The van der Waals surface area contributed by atoms with Crippen LogP contribution in [-0.4, -0.2) is 45.0 Å². The minimum Gasteiger partial charge on any atom is -0.376 e. The molecule has 1 aliphatic rings. The molecule has 1 aliphatic heterocycles. The van der Waals surface area contributed by atoms with Crippen LogP contribution >= 0.6 is 23.1 Å². The maximum absolute atomic E-state index is 13.3. The van der Waals surface area contributed by atoms with Gasteiger partial charge >= 0.3 is 5.69 Å². The summed E-state index contributed by atoms with van der Waals surface area (Å²) in [4.78, 5) is 43.6. The lowest BCUT2D eigenvalue weighted by Crippen LogP contribution is -2.42. The van der Waals surface area contributed by atoms with Gasteiger partial charge in [0.2, 0.25) is 5.91 Å². The predicted molar refractivity (Wildman–Crippen MR) is 123 cm³/mol. The van der Waals surface area contributed by atoms with Gasteiger partial charge in [0.25, 0.3) is 5.56 Å². The normalized spacial score (nSPS) is 16.1. The van der Waals surface area contributed by atoms with E-state index in [9.17, 15) is 14.4 Å². The van der Waals surface area contributed by atoms with E-state index in [0.29, 0.717) is 27.9 Å². The number of hydrogen-bond donors (Lipinski definition) is 1. The minimum atomic E-state index is -0.577. The fraction of sp³-hybridized carbons (Fsp3) is 0.429. The molecule has 0 spiro atoms. The monoisotopic (exact) mass is 460 g/mol. The summed E-state index contributed by atoms with van der Waals surface area (Å²) in [7, 11) is 0. The molecule has 1 aromatic carbocycles. The number of fused-ring (bicyclic) bond motifs is 1. The van der Waals surface area contributed by atoms with Crippen LogP contribution in [0.15, 0.2) is 38.2 Å². The van der Waals surface area contributed by atoms with Gasteiger partial charge in [0.15, 0.2) is 9.99 Å². The Morgan fingerprint density at radius 1 is 1.32 bits per heavy atom. The van der Waals surface area contributed by atoms with E-state index in [2.05, 4.69) is 10.3 Å². The number of aromatic nitrogens is 3. The van der Waals surface area contributed by atoms with Crippen molar-refractivity contribution < 1.29 is 9.53 Å². The minimum absolute atomic E-state index is 0.00836. The number of nitrogens with zero attached hydrogens (tertiary/aromatic N) is 3. The molecule has 1 saturated heterocycles. The van der Waals surface area contributed by atoms with Crippen LogP contribution in [0.25, 0.3) is 16.0 Å². The van der Waals surface area contributed by atoms with Gasteiger partial charge in [-0.15, -0.1) is 11.3 Å². The third-order valence-corrected chi connectivity index (χ3v) is 7.14. The molecule has 0 saturated carbocycles. The van der Waals surface area contributed by atoms with Crippen LogP contribution in [0.5, 0.6) is 0 Å². The molecular weight excluding hydrogens is 436 g/mol. The van der Waals surface area contributed by atoms with Crippen LogP contribution in [0.2, 0.25) is 0 Å². The summed E-state index contributed by atoms with van der Waals surface area (Å²) >= 11 is 2.75. The van der Waals surface area contributed by atoms with E-state index in [0.717, 1.165) is 28.7 Å². The average molecular weight is 461 g/mol. The number of hydrogen-bond acceptors (Lipinski definition) is 7. The molecular formula is C21H24N4O4S2. The van der Waals surface area contributed by atoms with Crippen molar-refractivity contribution in [2.45, 2.75) is 43.7 Å². The number of amides is 1. The highest BCUT2D eigenvalue weighted by molar-refractivity contribution is 8.01. The Morgan fingerprint density at radius 2 is 2.10 bits per heavy atom. The molecule has 8 nitrogen and oxygen atoms in total. The number of carbonyl (C=O) groups excluding carboxylic acids is 1. The Morgan fingerprint density at radius 3 is 2.77 bits per heavy atom. The number of carbonyl (C=O) groups is 1. The molecule has 1 amide bonds. The smallest absolute Gasteiger partial charge is 0.337 e. The van der Waals surface area contributed by atoms with E-state index in [-0.39, 0.29) is 24.2 Å². The molecule has 1 atom stereocenters. The highest BCUT2D eigenvalue weighted by Gasteiger charge is 2.21. The molecule has 31 heavy (non-hydrogen) atoms. The Kier molecular flexibility index (Phi) is 6.59. The van der Waals surface area contributed by atoms with Gasteiger partial charge in [0.1, 0.15) is 11.2 Å². The van der Waals surface area contributed by atoms with Crippen molar-refractivity contribution in [1.82, 2.24) is 19.4 Å². The Labute approximate surface area is 187 Å². The van der Waals surface area contributed by atoms with Crippen LogP contribution < -0.4 is 16.6 Å². The molecule has 3 heterocycles. The molecule has 1 fully saturated rings. The summed E-state index contributed by atoms with van der Waals surface area (Å²) in [6.45, 7) is 4.83. The maximum Gasteiger partial charge on any atom is 0.337 e. The van der Waals surface area contributed by atoms with E-state index in [1.807, 2.05) is 26.0 Å². The summed E-state index contributed by atoms with van der Waals surface area (Å²) in [5.41, 5.74) is 0.749. The first-order valence-corrected chi connectivity index (χ1v) is 12.0. The van der Waals surface area contributed by atoms with Gasteiger partial charge in [-0.1, -0.05) is 36.4 Å². The fourth-order valence-corrected chi connectivity index (χ4v) is 5.47. The van der Waals surface area contributed by atoms with Crippen LogP contribution in [0.3, 0.4) is 0 Å². The second-order valence-corrected chi connectivity index (χ2v) is 9.86. The van der Waals surface area contributed by atoms with Gasteiger partial charge < -0.3 is 10.1 Å².